The van der Waals surface area contributed by atoms with Crippen molar-refractivity contribution in [3.8, 4) is 0 Å². The Hall–Kier alpha value is -3.03. The molecule has 0 saturated carbocycles. The minimum atomic E-state index is -0.837. The van der Waals surface area contributed by atoms with Crippen LogP contribution in [-0.2, 0) is 48.3 Å². The lowest BCUT2D eigenvalue weighted by molar-refractivity contribution is -0.219. The van der Waals surface area contributed by atoms with Crippen molar-refractivity contribution in [2.24, 2.45) is 5.92 Å². The molecule has 4 unspecified atom stereocenters. The summed E-state index contributed by atoms with van der Waals surface area (Å²) in [6.45, 7) is 5.86. The predicted molar refractivity (Wildman–Crippen MR) is 145 cm³/mol. The Labute approximate surface area is 225 Å². The Morgan fingerprint density at radius 3 is 1.87 bits per heavy atom. The summed E-state index contributed by atoms with van der Waals surface area (Å²) in [6, 6.07) is 30.3. The van der Waals surface area contributed by atoms with Crippen LogP contribution in [0, 0.1) is 5.92 Å². The maximum absolute atomic E-state index is 11.5. The van der Waals surface area contributed by atoms with Crippen molar-refractivity contribution in [2.45, 2.75) is 57.9 Å². The Bertz CT molecular complexity index is 1090. The van der Waals surface area contributed by atoms with Gasteiger partial charge < -0.3 is 23.7 Å². The minimum absolute atomic E-state index is 0.0656. The van der Waals surface area contributed by atoms with Crippen molar-refractivity contribution in [2.75, 3.05) is 19.8 Å². The van der Waals surface area contributed by atoms with Gasteiger partial charge >= 0.3 is 5.97 Å². The summed E-state index contributed by atoms with van der Waals surface area (Å²) < 4.78 is 31.4. The SMILES string of the molecule is CC(=O)OCCC1COCC(OCc2ccccc2)C(C)(OCc2ccccc2)C1OCc1ccccc1. The van der Waals surface area contributed by atoms with E-state index in [1.807, 2.05) is 78.9 Å². The molecule has 4 rings (SSSR count). The van der Waals surface area contributed by atoms with Gasteiger partial charge in [-0.1, -0.05) is 91.0 Å². The minimum Gasteiger partial charge on any atom is -0.466 e. The van der Waals surface area contributed by atoms with Gasteiger partial charge in [0.15, 0.2) is 0 Å². The van der Waals surface area contributed by atoms with Gasteiger partial charge in [0, 0.05) is 12.8 Å². The molecule has 0 spiro atoms. The van der Waals surface area contributed by atoms with E-state index in [0.717, 1.165) is 16.7 Å². The number of esters is 1. The molecule has 1 aliphatic heterocycles. The molecule has 3 aromatic carbocycles. The van der Waals surface area contributed by atoms with Gasteiger partial charge in [-0.05, 0) is 30.0 Å². The van der Waals surface area contributed by atoms with E-state index < -0.39 is 5.60 Å². The third kappa shape index (κ3) is 7.98. The molecule has 6 heteroatoms. The molecule has 0 aromatic heterocycles. The first-order valence-corrected chi connectivity index (χ1v) is 13.2. The van der Waals surface area contributed by atoms with Crippen molar-refractivity contribution in [3.63, 3.8) is 0 Å². The van der Waals surface area contributed by atoms with Crippen LogP contribution in [-0.4, -0.2) is 43.6 Å². The number of hydrogen-bond donors (Lipinski definition) is 0. The average molecular weight is 519 g/mol. The van der Waals surface area contributed by atoms with Gasteiger partial charge in [0.2, 0.25) is 0 Å². The molecular formula is C32H38O6. The molecule has 6 nitrogen and oxygen atoms in total. The zero-order valence-electron chi connectivity index (χ0n) is 22.3. The zero-order chi connectivity index (χ0) is 26.6. The fourth-order valence-electron chi connectivity index (χ4n) is 4.85. The van der Waals surface area contributed by atoms with E-state index in [0.29, 0.717) is 46.1 Å². The first-order chi connectivity index (χ1) is 18.5. The lowest BCUT2D eigenvalue weighted by Crippen LogP contribution is -2.56. The summed E-state index contributed by atoms with van der Waals surface area (Å²) in [5, 5.41) is 0. The first kappa shape index (κ1) is 28.0. The standard InChI is InChI=1S/C32H38O6/c1-25(33)35-19-18-29-23-34-24-30(36-20-26-12-6-3-7-13-26)32(2,38-22-28-16-10-5-11-17-28)31(29)37-21-27-14-8-4-9-15-27/h3-17,29-31H,18-24H2,1-2H3. The maximum atomic E-state index is 11.5. The van der Waals surface area contributed by atoms with Crippen LogP contribution in [0.5, 0.6) is 0 Å². The molecule has 1 heterocycles. The monoisotopic (exact) mass is 518 g/mol. The Morgan fingerprint density at radius 2 is 1.32 bits per heavy atom. The van der Waals surface area contributed by atoms with Gasteiger partial charge in [-0.2, -0.15) is 0 Å². The topological polar surface area (TPSA) is 63.2 Å². The summed E-state index contributed by atoms with van der Waals surface area (Å²) in [5.74, 6) is -0.363. The van der Waals surface area contributed by atoms with Crippen LogP contribution in [0.3, 0.4) is 0 Å². The summed E-state index contributed by atoms with van der Waals surface area (Å²) >= 11 is 0. The Balaban J connectivity index is 1.61. The second kappa shape index (κ2) is 14.2. The quantitative estimate of drug-likeness (QED) is 0.285. The van der Waals surface area contributed by atoms with Gasteiger partial charge in [-0.3, -0.25) is 4.79 Å². The summed E-state index contributed by atoms with van der Waals surface area (Å²) in [6.07, 6.45) is -0.162. The highest BCUT2D eigenvalue weighted by Crippen LogP contribution is 2.37. The largest absolute Gasteiger partial charge is 0.466 e. The van der Waals surface area contributed by atoms with Crippen molar-refractivity contribution in [3.05, 3.63) is 108 Å². The second-order valence-electron chi connectivity index (χ2n) is 9.89. The smallest absolute Gasteiger partial charge is 0.302 e. The van der Waals surface area contributed by atoms with Crippen LogP contribution in [0.2, 0.25) is 0 Å². The predicted octanol–water partition coefficient (Wildman–Crippen LogP) is 5.73. The van der Waals surface area contributed by atoms with Crippen molar-refractivity contribution < 1.29 is 28.5 Å². The Morgan fingerprint density at radius 1 is 0.789 bits per heavy atom. The number of hydrogen-bond acceptors (Lipinski definition) is 6. The molecule has 38 heavy (non-hydrogen) atoms. The highest BCUT2D eigenvalue weighted by Gasteiger charge is 2.50. The van der Waals surface area contributed by atoms with E-state index in [9.17, 15) is 4.79 Å². The number of benzene rings is 3. The van der Waals surface area contributed by atoms with Crippen LogP contribution >= 0.6 is 0 Å². The van der Waals surface area contributed by atoms with Crippen LogP contribution in [0.1, 0.15) is 37.0 Å². The molecule has 202 valence electrons. The molecule has 1 aliphatic rings. The normalized spacial score (nSPS) is 23.5. The zero-order valence-corrected chi connectivity index (χ0v) is 22.3. The molecule has 3 aromatic rings. The lowest BCUT2D eigenvalue weighted by atomic mass is 9.83. The van der Waals surface area contributed by atoms with Crippen molar-refractivity contribution in [1.82, 2.24) is 0 Å². The molecule has 1 saturated heterocycles. The Kier molecular flexibility index (Phi) is 10.5. The van der Waals surface area contributed by atoms with E-state index in [4.69, 9.17) is 23.7 Å². The van der Waals surface area contributed by atoms with Gasteiger partial charge in [0.25, 0.3) is 0 Å². The number of carbonyl (C=O) groups excluding carboxylic acids is 1. The van der Waals surface area contributed by atoms with Gasteiger partial charge in [0.05, 0.1) is 45.7 Å². The molecule has 4 atom stereocenters. The molecule has 0 radical (unpaired) electrons. The van der Waals surface area contributed by atoms with E-state index in [1.165, 1.54) is 6.92 Å². The summed E-state index contributed by atoms with van der Waals surface area (Å²) in [5.41, 5.74) is 2.38. The first-order valence-electron chi connectivity index (χ1n) is 13.2. The lowest BCUT2D eigenvalue weighted by Gasteiger charge is -2.43. The van der Waals surface area contributed by atoms with E-state index in [1.54, 1.807) is 0 Å². The third-order valence-electron chi connectivity index (χ3n) is 6.99. The van der Waals surface area contributed by atoms with Crippen LogP contribution in [0.25, 0.3) is 0 Å². The van der Waals surface area contributed by atoms with Crippen molar-refractivity contribution in [1.29, 1.82) is 0 Å². The van der Waals surface area contributed by atoms with E-state index >= 15 is 0 Å². The molecule has 1 fully saturated rings. The average Bonchev–Trinajstić information content (AvgIpc) is 3.07. The van der Waals surface area contributed by atoms with Crippen LogP contribution in [0.4, 0.5) is 0 Å². The maximum Gasteiger partial charge on any atom is 0.302 e. The van der Waals surface area contributed by atoms with E-state index in [-0.39, 0.29) is 24.1 Å². The molecule has 0 aliphatic carbocycles. The van der Waals surface area contributed by atoms with Crippen LogP contribution in [0.15, 0.2) is 91.0 Å². The number of ether oxygens (including phenoxy) is 5. The van der Waals surface area contributed by atoms with Crippen molar-refractivity contribution >= 4 is 5.97 Å². The molecular weight excluding hydrogens is 480 g/mol. The number of rotatable bonds is 12. The fraction of sp³-hybridized carbons (Fsp3) is 0.406. The molecule has 0 bridgehead atoms. The van der Waals surface area contributed by atoms with E-state index in [2.05, 4.69) is 19.1 Å². The van der Waals surface area contributed by atoms with Crippen LogP contribution < -0.4 is 0 Å². The highest BCUT2D eigenvalue weighted by atomic mass is 16.6. The molecule has 0 amide bonds. The highest BCUT2D eigenvalue weighted by molar-refractivity contribution is 5.65. The summed E-state index contributed by atoms with van der Waals surface area (Å²) in [7, 11) is 0. The fourth-order valence-corrected chi connectivity index (χ4v) is 4.85. The second-order valence-corrected chi connectivity index (χ2v) is 9.89. The number of carbonyl (C=O) groups is 1. The third-order valence-corrected chi connectivity index (χ3v) is 6.99. The molecule has 0 N–H and O–H groups in total. The van der Waals surface area contributed by atoms with Gasteiger partial charge in [0.1, 0.15) is 11.7 Å². The van der Waals surface area contributed by atoms with Gasteiger partial charge in [-0.25, -0.2) is 0 Å². The summed E-state index contributed by atoms with van der Waals surface area (Å²) in [4.78, 5) is 11.5. The van der Waals surface area contributed by atoms with Gasteiger partial charge in [-0.15, -0.1) is 0 Å².